The summed E-state index contributed by atoms with van der Waals surface area (Å²) in [6.45, 7) is 5.78. The third-order valence-corrected chi connectivity index (χ3v) is 12.2. The first-order chi connectivity index (χ1) is 26.6. The molecule has 1 aromatic carbocycles. The van der Waals surface area contributed by atoms with E-state index >= 15 is 0 Å². The largest absolute Gasteiger partial charge is 0.495 e. The maximum Gasteiger partial charge on any atom is 0.409 e. The number of epoxide rings is 1. The number of ether oxygens (including phenoxy) is 5. The molecule has 0 aliphatic carbocycles. The summed E-state index contributed by atoms with van der Waals surface area (Å²) in [6.07, 6.45) is -0.878. The van der Waals surface area contributed by atoms with E-state index in [4.69, 9.17) is 40.8 Å². The SMILES string of the molecule is COc1cc2cc(c1Cl)N(C)C(=O)C[C@H](OC(=O)[C@@H](C)N(C)C(=O)CC(CN=[N+]=[N-])S(=O)(=O)O)[C@]1(C)O[C@H]1[C@H](C)[C@@H]1C[C@@](O)(NC(=O)O1)[C@H](OC)/C=C/C=C(\C)C2. The summed E-state index contributed by atoms with van der Waals surface area (Å²) >= 11 is 6.73. The molecule has 19 nitrogen and oxygen atoms in total. The number of hydrogen-bond acceptors (Lipinski definition) is 13. The molecule has 1 unspecified atom stereocenters. The van der Waals surface area contributed by atoms with Crippen molar-refractivity contribution in [1.29, 1.82) is 0 Å². The number of allylic oxidation sites excluding steroid dienone is 3. The van der Waals surface area contributed by atoms with Crippen LogP contribution in [-0.4, -0.2) is 129 Å². The maximum absolute atomic E-state index is 14.2. The van der Waals surface area contributed by atoms with E-state index in [1.807, 2.05) is 13.0 Å². The molecule has 0 aromatic heterocycles. The van der Waals surface area contributed by atoms with Crippen molar-refractivity contribution < 1.29 is 60.9 Å². The smallest absolute Gasteiger partial charge is 0.409 e. The number of aliphatic hydroxyl groups is 1. The molecule has 21 heteroatoms. The van der Waals surface area contributed by atoms with Gasteiger partial charge in [0.2, 0.25) is 11.8 Å². The minimum atomic E-state index is -4.81. The lowest BCUT2D eigenvalue weighted by atomic mass is 9.83. The highest BCUT2D eigenvalue weighted by Gasteiger charge is 2.64. The molecule has 9 atom stereocenters. The van der Waals surface area contributed by atoms with Crippen LogP contribution in [0.4, 0.5) is 10.5 Å². The lowest BCUT2D eigenvalue weighted by Gasteiger charge is -2.42. The number of halogens is 1. The van der Waals surface area contributed by atoms with E-state index < -0.39 is 106 Å². The molecule has 3 amide bonds. The van der Waals surface area contributed by atoms with Crippen molar-refractivity contribution in [2.75, 3.05) is 39.8 Å². The molecule has 4 rings (SSSR count). The Morgan fingerprint density at radius 2 is 1.96 bits per heavy atom. The van der Waals surface area contributed by atoms with E-state index in [9.17, 15) is 37.3 Å². The van der Waals surface area contributed by atoms with Crippen LogP contribution in [0.1, 0.15) is 52.5 Å². The van der Waals surface area contributed by atoms with E-state index in [1.165, 1.54) is 40.1 Å². The third-order valence-electron chi connectivity index (χ3n) is 10.7. The van der Waals surface area contributed by atoms with E-state index in [-0.39, 0.29) is 11.4 Å². The predicted octanol–water partition coefficient (Wildman–Crippen LogP) is 3.47. The van der Waals surface area contributed by atoms with Crippen molar-refractivity contribution in [2.24, 2.45) is 11.0 Å². The molecule has 2 fully saturated rings. The van der Waals surface area contributed by atoms with E-state index in [0.717, 1.165) is 16.0 Å². The number of anilines is 1. The van der Waals surface area contributed by atoms with Gasteiger partial charge in [-0.3, -0.25) is 19.5 Å². The number of likely N-dealkylation sites (N-methyl/N-ethyl adjacent to an activating group) is 1. The van der Waals surface area contributed by atoms with Crippen molar-refractivity contribution in [3.05, 3.63) is 57.0 Å². The van der Waals surface area contributed by atoms with Crippen molar-refractivity contribution in [3.8, 4) is 5.75 Å². The first-order valence-electron chi connectivity index (χ1n) is 17.9. The van der Waals surface area contributed by atoms with E-state index in [1.54, 1.807) is 38.1 Å². The highest BCUT2D eigenvalue weighted by Crippen LogP contribution is 2.49. The number of amides is 3. The first kappa shape index (κ1) is 45.3. The standard InChI is InChI=1S/C36H49ClN6O13S/c1-19-10-9-11-27(53-8)36(48)17-26(54-34(47)40-36)20(2)32-35(4,56-32)28(16-30(45)43(6)24-13-22(12-19)14-25(52-7)31(24)37)55-33(46)21(3)42(5)29(44)15-23(18-39-41-38)57(49,50)51/h9-11,13-14,20-21,23,26-28,32,48H,12,15-18H2,1-8H3,(H,40,47)(H,49,50,51)/b11-9+,19-10+/t20-,21-,23?,26+,27-,28+,32+,35+,36+/m1/s1. The van der Waals surface area contributed by atoms with Crippen LogP contribution in [0.5, 0.6) is 5.75 Å². The minimum Gasteiger partial charge on any atom is -0.495 e. The van der Waals surface area contributed by atoms with Gasteiger partial charge in [0.1, 0.15) is 46.0 Å². The number of carbonyl (C=O) groups excluding carboxylic acids is 4. The molecule has 0 saturated carbocycles. The Hall–Kier alpha value is -4.43. The number of carbonyl (C=O) groups is 4. The van der Waals surface area contributed by atoms with Crippen molar-refractivity contribution >= 4 is 51.3 Å². The monoisotopic (exact) mass is 840 g/mol. The molecule has 3 aliphatic rings. The van der Waals surface area contributed by atoms with Gasteiger partial charge in [-0.25, -0.2) is 9.59 Å². The number of hydrogen-bond donors (Lipinski definition) is 3. The summed E-state index contributed by atoms with van der Waals surface area (Å²) in [7, 11) is 0.715. The maximum atomic E-state index is 14.2. The number of azide groups is 1. The summed E-state index contributed by atoms with van der Waals surface area (Å²) in [4.78, 5) is 58.6. The lowest BCUT2D eigenvalue weighted by molar-refractivity contribution is -0.162. The molecule has 3 N–H and O–H groups in total. The third kappa shape index (κ3) is 10.4. The Kier molecular flexibility index (Phi) is 14.3. The van der Waals surface area contributed by atoms with Crippen molar-refractivity contribution in [1.82, 2.24) is 10.2 Å². The van der Waals surface area contributed by atoms with Gasteiger partial charge in [0.05, 0.1) is 25.3 Å². The average molecular weight is 841 g/mol. The summed E-state index contributed by atoms with van der Waals surface area (Å²) < 4.78 is 62.2. The number of fused-ring (bicyclic) bond motifs is 5. The van der Waals surface area contributed by atoms with Crippen LogP contribution in [0.2, 0.25) is 5.02 Å². The molecule has 57 heavy (non-hydrogen) atoms. The number of esters is 1. The van der Waals surface area contributed by atoms with Crippen molar-refractivity contribution in [3.63, 3.8) is 0 Å². The van der Waals surface area contributed by atoms with E-state index in [0.29, 0.717) is 17.9 Å². The Morgan fingerprint density at radius 3 is 2.58 bits per heavy atom. The molecule has 3 heterocycles. The number of benzene rings is 1. The molecular formula is C36H49ClN6O13S. The molecule has 3 aliphatic heterocycles. The Balaban J connectivity index is 1.73. The molecule has 0 radical (unpaired) electrons. The number of methoxy groups -OCH3 is 2. The molecule has 0 spiro atoms. The van der Waals surface area contributed by atoms with Gasteiger partial charge in [0.25, 0.3) is 10.1 Å². The fraction of sp³-hybridized carbons (Fsp3) is 0.611. The van der Waals surface area contributed by atoms with Gasteiger partial charge in [-0.15, -0.1) is 0 Å². The zero-order valence-corrected chi connectivity index (χ0v) is 34.4. The Morgan fingerprint density at radius 1 is 1.28 bits per heavy atom. The van der Waals surface area contributed by atoms with Crippen molar-refractivity contribution in [2.45, 2.75) is 100 Å². The second-order valence-electron chi connectivity index (χ2n) is 14.7. The van der Waals surface area contributed by atoms with Crippen LogP contribution in [0.3, 0.4) is 0 Å². The van der Waals surface area contributed by atoms with Gasteiger partial charge in [-0.2, -0.15) is 8.42 Å². The second kappa shape index (κ2) is 18.0. The zero-order valence-electron chi connectivity index (χ0n) is 32.9. The minimum absolute atomic E-state index is 0.133. The number of nitrogens with zero attached hydrogens (tertiary/aromatic N) is 5. The van der Waals surface area contributed by atoms with Crippen LogP contribution in [0.15, 0.2) is 41.0 Å². The van der Waals surface area contributed by atoms with E-state index in [2.05, 4.69) is 15.3 Å². The summed E-state index contributed by atoms with van der Waals surface area (Å²) in [5, 5.41) is 15.7. The normalized spacial score (nSPS) is 30.5. The molecule has 314 valence electrons. The van der Waals surface area contributed by atoms with Gasteiger partial charge < -0.3 is 38.6 Å². The molecule has 1 aromatic rings. The second-order valence-corrected chi connectivity index (χ2v) is 16.7. The lowest BCUT2D eigenvalue weighted by Crippen LogP contribution is -2.63. The topological polar surface area (TPSA) is 260 Å². The molecule has 4 bridgehead atoms. The average Bonchev–Trinajstić information content (AvgIpc) is 3.84. The van der Waals surface area contributed by atoms with Crippen LogP contribution in [0, 0.1) is 5.92 Å². The molecular weight excluding hydrogens is 792 g/mol. The number of nitrogens with one attached hydrogen (secondary N) is 1. The molecule has 2 saturated heterocycles. The van der Waals surface area contributed by atoms with Crippen LogP contribution in [-0.2, 0) is 49.9 Å². The number of alkyl carbamates (subject to hydrolysis) is 1. The summed E-state index contributed by atoms with van der Waals surface area (Å²) in [6, 6.07) is 2.10. The fourth-order valence-electron chi connectivity index (χ4n) is 6.95. The Labute approximate surface area is 335 Å². The van der Waals surface area contributed by atoms with Gasteiger partial charge in [0.15, 0.2) is 5.72 Å². The summed E-state index contributed by atoms with van der Waals surface area (Å²) in [5.41, 5.74) is 7.25. The number of rotatable bonds is 10. The van der Waals surface area contributed by atoms with Gasteiger partial charge >= 0.3 is 12.1 Å². The van der Waals surface area contributed by atoms with Gasteiger partial charge in [-0.1, -0.05) is 47.4 Å². The van der Waals surface area contributed by atoms with Crippen LogP contribution >= 0.6 is 11.6 Å². The van der Waals surface area contributed by atoms with Crippen LogP contribution < -0.4 is 15.0 Å². The van der Waals surface area contributed by atoms with Crippen LogP contribution in [0.25, 0.3) is 10.4 Å². The van der Waals surface area contributed by atoms with Gasteiger partial charge in [0, 0.05) is 51.4 Å². The first-order valence-corrected chi connectivity index (χ1v) is 19.8. The zero-order chi connectivity index (χ0) is 42.6. The highest BCUT2D eigenvalue weighted by atomic mass is 35.5. The Bertz CT molecular complexity index is 1960. The van der Waals surface area contributed by atoms with Gasteiger partial charge in [-0.05, 0) is 50.4 Å². The summed E-state index contributed by atoms with van der Waals surface area (Å²) in [5.74, 6) is -2.79. The quantitative estimate of drug-likeness (QED) is 0.0763. The fourth-order valence-corrected chi connectivity index (χ4v) is 7.87. The predicted molar refractivity (Wildman–Crippen MR) is 205 cm³/mol. The highest BCUT2D eigenvalue weighted by molar-refractivity contribution is 7.86.